The van der Waals surface area contributed by atoms with Gasteiger partial charge in [0.1, 0.15) is 17.6 Å². The molecule has 1 unspecified atom stereocenters. The van der Waals surface area contributed by atoms with E-state index in [4.69, 9.17) is 4.42 Å². The molecule has 0 saturated heterocycles. The summed E-state index contributed by atoms with van der Waals surface area (Å²) in [6.07, 6.45) is 5.01. The Hall–Kier alpha value is -2.88. The van der Waals surface area contributed by atoms with Gasteiger partial charge >= 0.3 is 0 Å². The van der Waals surface area contributed by atoms with Crippen molar-refractivity contribution in [2.24, 2.45) is 4.99 Å². The van der Waals surface area contributed by atoms with E-state index in [0.29, 0.717) is 23.0 Å². The van der Waals surface area contributed by atoms with Crippen molar-refractivity contribution in [1.29, 1.82) is 0 Å². The number of benzene rings is 2. The lowest BCUT2D eigenvalue weighted by molar-refractivity contribution is 0.436. The summed E-state index contributed by atoms with van der Waals surface area (Å²) in [4.78, 5) is 17.1. The minimum Gasteiger partial charge on any atom is -0.507 e. The number of dihydropyridines is 1. The zero-order chi connectivity index (χ0) is 15.1. The molecule has 0 amide bonds. The molecular weight excluding hydrogens is 278 g/mol. The number of aliphatic imine (C=N–C) groups is 1. The Balaban J connectivity index is 1.99. The average molecular weight is 291 g/mol. The molecule has 1 aliphatic heterocycles. The standard InChI is InChI=1S/C18H13NO3/c20-12-6-7-15(19-9-12)14-10-22-16-8-5-11-3-1-2-4-13(11)17(16)18(14)21/h1-6,8-10,15,20H,7H2. The first-order valence-electron chi connectivity index (χ1n) is 7.09. The minimum absolute atomic E-state index is 0.0602. The molecule has 0 bridgehead atoms. The monoisotopic (exact) mass is 291 g/mol. The van der Waals surface area contributed by atoms with Crippen molar-refractivity contribution in [2.75, 3.05) is 0 Å². The molecule has 22 heavy (non-hydrogen) atoms. The second-order valence-corrected chi connectivity index (χ2v) is 5.34. The van der Waals surface area contributed by atoms with Crippen molar-refractivity contribution in [1.82, 2.24) is 0 Å². The number of hydrogen-bond acceptors (Lipinski definition) is 4. The number of aliphatic hydroxyl groups excluding tert-OH is 1. The van der Waals surface area contributed by atoms with Crippen molar-refractivity contribution in [3.8, 4) is 0 Å². The van der Waals surface area contributed by atoms with Crippen LogP contribution < -0.4 is 5.43 Å². The number of fused-ring (bicyclic) bond motifs is 3. The third-order valence-electron chi connectivity index (χ3n) is 3.99. The van der Waals surface area contributed by atoms with Gasteiger partial charge in [0, 0.05) is 0 Å². The average Bonchev–Trinajstić information content (AvgIpc) is 2.56. The Bertz CT molecular complexity index is 998. The van der Waals surface area contributed by atoms with Gasteiger partial charge in [0.05, 0.1) is 23.2 Å². The summed E-state index contributed by atoms with van der Waals surface area (Å²) < 4.78 is 5.65. The van der Waals surface area contributed by atoms with Crippen LogP contribution in [-0.2, 0) is 0 Å². The first-order chi connectivity index (χ1) is 10.7. The van der Waals surface area contributed by atoms with Gasteiger partial charge < -0.3 is 9.52 Å². The van der Waals surface area contributed by atoms with Crippen LogP contribution in [0.2, 0.25) is 0 Å². The van der Waals surface area contributed by atoms with Crippen molar-refractivity contribution in [3.05, 3.63) is 70.3 Å². The SMILES string of the molecule is O=c1c(C2CC=C(O)C=N2)coc2ccc3ccccc3c12. The van der Waals surface area contributed by atoms with Gasteiger partial charge in [-0.15, -0.1) is 0 Å². The van der Waals surface area contributed by atoms with Gasteiger partial charge in [-0.05, 0) is 29.3 Å². The van der Waals surface area contributed by atoms with Crippen LogP contribution in [0.4, 0.5) is 0 Å². The fourth-order valence-corrected chi connectivity index (χ4v) is 2.86. The Morgan fingerprint density at radius 3 is 2.86 bits per heavy atom. The predicted molar refractivity (Wildman–Crippen MR) is 86.6 cm³/mol. The molecule has 1 aromatic heterocycles. The largest absolute Gasteiger partial charge is 0.507 e. The molecule has 3 aromatic rings. The second kappa shape index (κ2) is 4.84. The van der Waals surface area contributed by atoms with E-state index in [-0.39, 0.29) is 17.2 Å². The fourth-order valence-electron chi connectivity index (χ4n) is 2.86. The van der Waals surface area contributed by atoms with Gasteiger partial charge in [0.15, 0.2) is 5.43 Å². The molecule has 0 aliphatic carbocycles. The van der Waals surface area contributed by atoms with Crippen LogP contribution in [0.15, 0.2) is 68.7 Å². The topological polar surface area (TPSA) is 62.8 Å². The molecular formula is C18H13NO3. The molecule has 1 atom stereocenters. The van der Waals surface area contributed by atoms with E-state index in [9.17, 15) is 9.90 Å². The van der Waals surface area contributed by atoms with Crippen molar-refractivity contribution in [2.45, 2.75) is 12.5 Å². The Kier molecular flexibility index (Phi) is 2.82. The lowest BCUT2D eigenvalue weighted by atomic mass is 9.99. The normalized spacial score (nSPS) is 17.8. The smallest absolute Gasteiger partial charge is 0.198 e. The maximum Gasteiger partial charge on any atom is 0.198 e. The molecule has 0 radical (unpaired) electrons. The van der Waals surface area contributed by atoms with Crippen molar-refractivity contribution in [3.63, 3.8) is 0 Å². The number of rotatable bonds is 1. The molecule has 2 aromatic carbocycles. The lowest BCUT2D eigenvalue weighted by Gasteiger charge is -2.13. The summed E-state index contributed by atoms with van der Waals surface area (Å²) in [5.74, 6) is 0.131. The third-order valence-corrected chi connectivity index (χ3v) is 3.99. The molecule has 0 spiro atoms. The molecule has 0 fully saturated rings. The van der Waals surface area contributed by atoms with Gasteiger partial charge in [0.2, 0.25) is 0 Å². The van der Waals surface area contributed by atoms with Gasteiger partial charge in [-0.3, -0.25) is 9.79 Å². The van der Waals surface area contributed by atoms with Crippen LogP contribution >= 0.6 is 0 Å². The Labute approximate surface area is 126 Å². The van der Waals surface area contributed by atoms with E-state index in [0.717, 1.165) is 10.8 Å². The molecule has 108 valence electrons. The zero-order valence-corrected chi connectivity index (χ0v) is 11.7. The van der Waals surface area contributed by atoms with Crippen molar-refractivity contribution >= 4 is 28.0 Å². The van der Waals surface area contributed by atoms with Crippen LogP contribution in [0.3, 0.4) is 0 Å². The van der Waals surface area contributed by atoms with Gasteiger partial charge in [-0.1, -0.05) is 30.3 Å². The molecule has 0 saturated carbocycles. The number of allylic oxidation sites excluding steroid dienone is 1. The van der Waals surface area contributed by atoms with Crippen LogP contribution in [-0.4, -0.2) is 11.3 Å². The Morgan fingerprint density at radius 2 is 2.05 bits per heavy atom. The molecule has 4 rings (SSSR count). The van der Waals surface area contributed by atoms with E-state index in [1.54, 1.807) is 6.08 Å². The van der Waals surface area contributed by atoms with Crippen LogP contribution in [0.25, 0.3) is 21.7 Å². The van der Waals surface area contributed by atoms with Gasteiger partial charge in [0.25, 0.3) is 0 Å². The number of aliphatic hydroxyl groups is 1. The van der Waals surface area contributed by atoms with Crippen LogP contribution in [0.1, 0.15) is 18.0 Å². The zero-order valence-electron chi connectivity index (χ0n) is 11.7. The van der Waals surface area contributed by atoms with E-state index in [2.05, 4.69) is 4.99 Å². The molecule has 1 aliphatic rings. The summed E-state index contributed by atoms with van der Waals surface area (Å²) in [6, 6.07) is 11.2. The fraction of sp³-hybridized carbons (Fsp3) is 0.111. The summed E-state index contributed by atoms with van der Waals surface area (Å²) >= 11 is 0. The molecule has 4 nitrogen and oxygen atoms in total. The van der Waals surface area contributed by atoms with Crippen LogP contribution in [0, 0.1) is 0 Å². The van der Waals surface area contributed by atoms with Gasteiger partial charge in [-0.2, -0.15) is 0 Å². The van der Waals surface area contributed by atoms with E-state index < -0.39 is 0 Å². The Morgan fingerprint density at radius 1 is 1.18 bits per heavy atom. The summed E-state index contributed by atoms with van der Waals surface area (Å²) in [7, 11) is 0. The second-order valence-electron chi connectivity index (χ2n) is 5.34. The van der Waals surface area contributed by atoms with Gasteiger partial charge in [-0.25, -0.2) is 0 Å². The van der Waals surface area contributed by atoms with E-state index in [1.165, 1.54) is 12.5 Å². The van der Waals surface area contributed by atoms with E-state index in [1.807, 2.05) is 36.4 Å². The van der Waals surface area contributed by atoms with E-state index >= 15 is 0 Å². The number of nitrogens with zero attached hydrogens (tertiary/aromatic N) is 1. The highest BCUT2D eigenvalue weighted by molar-refractivity contribution is 6.05. The highest BCUT2D eigenvalue weighted by Gasteiger charge is 2.19. The quantitative estimate of drug-likeness (QED) is 0.691. The molecule has 2 heterocycles. The lowest BCUT2D eigenvalue weighted by Crippen LogP contribution is -2.14. The number of hydrogen-bond donors (Lipinski definition) is 1. The minimum atomic E-state index is -0.310. The maximum absolute atomic E-state index is 12.9. The third kappa shape index (κ3) is 1.92. The summed E-state index contributed by atoms with van der Waals surface area (Å²) in [6.45, 7) is 0. The summed E-state index contributed by atoms with van der Waals surface area (Å²) in [5, 5.41) is 11.8. The maximum atomic E-state index is 12.9. The highest BCUT2D eigenvalue weighted by atomic mass is 16.3. The van der Waals surface area contributed by atoms with Crippen molar-refractivity contribution < 1.29 is 9.52 Å². The first-order valence-corrected chi connectivity index (χ1v) is 7.09. The molecule has 1 N–H and O–H groups in total. The van der Waals surface area contributed by atoms with Crippen LogP contribution in [0.5, 0.6) is 0 Å². The summed E-state index contributed by atoms with van der Waals surface area (Å²) in [5.41, 5.74) is 1.03. The first kappa shape index (κ1) is 12.8. The molecule has 4 heteroatoms. The predicted octanol–water partition coefficient (Wildman–Crippen LogP) is 3.90. The highest BCUT2D eigenvalue weighted by Crippen LogP contribution is 2.27.